The van der Waals surface area contributed by atoms with Gasteiger partial charge >= 0.3 is 35.7 Å². The Hall–Kier alpha value is 0.473. The van der Waals surface area contributed by atoms with Crippen molar-refractivity contribution in [3.05, 3.63) is 0 Å². The molecule has 25 valence electrons. The Morgan fingerprint density at radius 3 is 1.80 bits per heavy atom. The maximum atomic E-state index is 2.81. The molecule has 5 heavy (non-hydrogen) atoms. The molecular weight excluding hydrogens is 137 g/mol. The van der Waals surface area contributed by atoms with Crippen LogP contribution in [0.25, 0.3) is 0 Å². The maximum Gasteiger partial charge on any atom is -0.147 e. The zero-order valence-corrected chi connectivity index (χ0v) is 6.90. The molecule has 0 aromatic heterocycles. The van der Waals surface area contributed by atoms with Gasteiger partial charge in [-0.25, -0.2) is 0 Å². The molecule has 0 amide bonds. The first kappa shape index (κ1) is 9.08. The van der Waals surface area contributed by atoms with Crippen molar-refractivity contribution in [2.24, 2.45) is 0 Å². The molecule has 0 aliphatic carbocycles. The van der Waals surface area contributed by atoms with Crippen LogP contribution in [-0.2, 0) is 18.3 Å². The molecule has 0 N–H and O–H groups in total. The van der Waals surface area contributed by atoms with Crippen LogP contribution in [0.15, 0.2) is 0 Å². The fraction of sp³-hybridized carbons (Fsp3) is 0.333. The summed E-state index contributed by atoms with van der Waals surface area (Å²) >= 11 is 1.11. The van der Waals surface area contributed by atoms with Crippen LogP contribution in [0.1, 0.15) is 6.92 Å². The Morgan fingerprint density at radius 2 is 1.80 bits per heavy atom. The summed E-state index contributed by atoms with van der Waals surface area (Å²) in [6, 6.07) is 0. The molecule has 0 aromatic carbocycles. The smallest absolute Gasteiger partial charge is 0.147 e. The van der Waals surface area contributed by atoms with Crippen molar-refractivity contribution in [3.8, 4) is 10.4 Å². The van der Waals surface area contributed by atoms with E-state index in [9.17, 15) is 0 Å². The van der Waals surface area contributed by atoms with Gasteiger partial charge in [0.1, 0.15) is 0 Å². The molecule has 0 spiro atoms. The molecule has 0 saturated heterocycles. The summed E-state index contributed by atoms with van der Waals surface area (Å²) < 4.78 is 2.81. The first-order chi connectivity index (χ1) is 1.91. The van der Waals surface area contributed by atoms with Gasteiger partial charge in [0.25, 0.3) is 0 Å². The number of halogens is 1. The number of rotatable bonds is 0. The van der Waals surface area contributed by atoms with E-state index in [4.69, 9.17) is 0 Å². The molecular formula is C3H4ClZn. The Labute approximate surface area is 48.4 Å². The summed E-state index contributed by atoms with van der Waals surface area (Å²) in [5.74, 6) is 2.74. The van der Waals surface area contributed by atoms with Gasteiger partial charge in [-0.3, -0.25) is 0 Å². The van der Waals surface area contributed by atoms with Gasteiger partial charge in [-0.1, -0.05) is 0 Å². The Kier molecular flexibility index (Phi) is 16.0. The van der Waals surface area contributed by atoms with Crippen molar-refractivity contribution in [1.82, 2.24) is 0 Å². The van der Waals surface area contributed by atoms with Crippen LogP contribution in [-0.4, -0.2) is 0 Å². The molecule has 0 fully saturated rings. The van der Waals surface area contributed by atoms with E-state index < -0.39 is 0 Å². The van der Waals surface area contributed by atoms with Crippen molar-refractivity contribution in [2.45, 2.75) is 6.92 Å². The summed E-state index contributed by atoms with van der Waals surface area (Å²) in [5, 5.41) is 0. The van der Waals surface area contributed by atoms with E-state index in [1.807, 2.05) is 6.92 Å². The molecule has 0 radical (unpaired) electrons. The van der Waals surface area contributed by atoms with Crippen LogP contribution in [0.3, 0.4) is 0 Å². The SMILES string of the molecule is CC#[C][Zn].Cl. The standard InChI is InChI=1S/C3H3.ClH.Zn/c1-3-2;;/h1H3;1H;. The summed E-state index contributed by atoms with van der Waals surface area (Å²) in [6.07, 6.45) is 0. The second-order valence-electron chi connectivity index (χ2n) is 0.427. The molecule has 0 aliphatic heterocycles. The average molecular weight is 141 g/mol. The topological polar surface area (TPSA) is 0 Å². The van der Waals surface area contributed by atoms with Crippen molar-refractivity contribution >= 4 is 12.4 Å². The minimum Gasteiger partial charge on any atom is -0.147 e. The number of hydrogen-bond acceptors (Lipinski definition) is 0. The Balaban J connectivity index is 0. The van der Waals surface area contributed by atoms with Gasteiger partial charge in [0.15, 0.2) is 0 Å². The average Bonchev–Trinajstić information content (AvgIpc) is 1.37. The van der Waals surface area contributed by atoms with Crippen molar-refractivity contribution in [1.29, 1.82) is 0 Å². The van der Waals surface area contributed by atoms with Gasteiger partial charge in [0.05, 0.1) is 0 Å². The second kappa shape index (κ2) is 8.82. The minimum absolute atomic E-state index is 0. The first-order valence-corrected chi connectivity index (χ1v) is 2.59. The normalized spacial score (nSPS) is 3.00. The molecule has 0 unspecified atom stereocenters. The molecule has 0 atom stereocenters. The fourth-order valence-corrected chi connectivity index (χ4v) is 0. The van der Waals surface area contributed by atoms with Crippen LogP contribution in [0.2, 0.25) is 0 Å². The number of hydrogen-bond donors (Lipinski definition) is 0. The van der Waals surface area contributed by atoms with Gasteiger partial charge in [0, 0.05) is 0 Å². The van der Waals surface area contributed by atoms with Crippen LogP contribution in [0.4, 0.5) is 0 Å². The molecule has 0 heterocycles. The quantitative estimate of drug-likeness (QED) is 0.347. The van der Waals surface area contributed by atoms with Gasteiger partial charge in [-0.15, -0.1) is 12.4 Å². The van der Waals surface area contributed by atoms with Gasteiger partial charge in [-0.05, 0) is 0 Å². The van der Waals surface area contributed by atoms with E-state index in [1.54, 1.807) is 0 Å². The third-order valence-corrected chi connectivity index (χ3v) is 0.919. The largest absolute Gasteiger partial charge is 0.147 e. The monoisotopic (exact) mass is 139 g/mol. The van der Waals surface area contributed by atoms with E-state index in [1.165, 1.54) is 0 Å². The molecule has 0 bridgehead atoms. The predicted molar refractivity (Wildman–Crippen MR) is 20.7 cm³/mol. The van der Waals surface area contributed by atoms with E-state index in [-0.39, 0.29) is 12.4 Å². The third kappa shape index (κ3) is 12.6. The second-order valence-corrected chi connectivity index (χ2v) is 1.17. The van der Waals surface area contributed by atoms with Crippen LogP contribution >= 0.6 is 12.4 Å². The maximum absolute atomic E-state index is 2.81. The molecule has 0 aromatic rings. The van der Waals surface area contributed by atoms with Crippen molar-refractivity contribution < 1.29 is 18.3 Å². The van der Waals surface area contributed by atoms with Crippen LogP contribution in [0.5, 0.6) is 0 Å². The van der Waals surface area contributed by atoms with Crippen molar-refractivity contribution in [3.63, 3.8) is 0 Å². The first-order valence-electron chi connectivity index (χ1n) is 1.10. The predicted octanol–water partition coefficient (Wildman–Crippen LogP) is 0.936. The molecule has 0 nitrogen and oxygen atoms in total. The summed E-state index contributed by atoms with van der Waals surface area (Å²) in [7, 11) is 0. The summed E-state index contributed by atoms with van der Waals surface area (Å²) in [4.78, 5) is 0. The van der Waals surface area contributed by atoms with Crippen LogP contribution in [0, 0.1) is 10.4 Å². The Morgan fingerprint density at radius 1 is 1.60 bits per heavy atom. The Bertz CT molecular complexity index is 43.6. The molecule has 2 heteroatoms. The zero-order valence-electron chi connectivity index (χ0n) is 3.12. The van der Waals surface area contributed by atoms with Gasteiger partial charge < -0.3 is 0 Å². The molecule has 0 rings (SSSR count). The third-order valence-electron chi connectivity index (χ3n) is 0.177. The summed E-state index contributed by atoms with van der Waals surface area (Å²) in [5.41, 5.74) is 0. The molecule has 0 aliphatic rings. The van der Waals surface area contributed by atoms with Gasteiger partial charge in [0.2, 0.25) is 0 Å². The van der Waals surface area contributed by atoms with E-state index in [0.29, 0.717) is 0 Å². The van der Waals surface area contributed by atoms with E-state index in [0.717, 1.165) is 18.3 Å². The van der Waals surface area contributed by atoms with Gasteiger partial charge in [-0.2, -0.15) is 0 Å². The summed E-state index contributed by atoms with van der Waals surface area (Å²) in [6.45, 7) is 1.85. The van der Waals surface area contributed by atoms with Crippen molar-refractivity contribution in [2.75, 3.05) is 0 Å². The fourth-order valence-electron chi connectivity index (χ4n) is 0. The minimum atomic E-state index is 0. The van der Waals surface area contributed by atoms with E-state index in [2.05, 4.69) is 10.4 Å². The van der Waals surface area contributed by atoms with E-state index >= 15 is 0 Å². The zero-order chi connectivity index (χ0) is 3.41. The van der Waals surface area contributed by atoms with Crippen LogP contribution < -0.4 is 0 Å². The molecule has 0 saturated carbocycles.